The molecule has 4 rings (SSSR count). The number of fused-ring (bicyclic) bond motifs is 1. The van der Waals surface area contributed by atoms with Crippen LogP contribution in [-0.2, 0) is 22.7 Å². The molecule has 1 aliphatic heterocycles. The van der Waals surface area contributed by atoms with Crippen molar-refractivity contribution in [1.82, 2.24) is 29.7 Å². The zero-order valence-corrected chi connectivity index (χ0v) is 24.6. The first kappa shape index (κ1) is 30.5. The number of oxime groups is 1. The number of hydrogen-bond acceptors (Lipinski definition) is 8. The van der Waals surface area contributed by atoms with E-state index in [1.807, 2.05) is 6.07 Å². The van der Waals surface area contributed by atoms with Crippen molar-refractivity contribution in [3.05, 3.63) is 47.2 Å². The van der Waals surface area contributed by atoms with Gasteiger partial charge >= 0.3 is 0 Å². The molecule has 0 aliphatic carbocycles. The Hall–Kier alpha value is -3.44. The Balaban J connectivity index is 1.27. The molecule has 1 fully saturated rings. The van der Waals surface area contributed by atoms with Crippen LogP contribution in [0.1, 0.15) is 49.3 Å². The van der Waals surface area contributed by atoms with Gasteiger partial charge in [-0.1, -0.05) is 38.0 Å². The second-order valence-corrected chi connectivity index (χ2v) is 10.7. The normalized spacial score (nSPS) is 14.3. The zero-order valence-electron chi connectivity index (χ0n) is 24.6. The Bertz CT molecular complexity index is 1290. The number of nitrogens with zero attached hydrogens (tertiary/aromatic N) is 6. The number of piperazine rings is 1. The summed E-state index contributed by atoms with van der Waals surface area (Å²) in [7, 11) is 5.99. The summed E-state index contributed by atoms with van der Waals surface area (Å²) in [5, 5.41) is 9.56. The number of unbranched alkanes of at least 4 members (excludes halogenated alkanes) is 2. The van der Waals surface area contributed by atoms with E-state index in [-0.39, 0.29) is 12.5 Å². The van der Waals surface area contributed by atoms with Gasteiger partial charge in [-0.25, -0.2) is 9.97 Å². The molecule has 3 aromatic rings. The van der Waals surface area contributed by atoms with Gasteiger partial charge in [-0.05, 0) is 49.1 Å². The van der Waals surface area contributed by atoms with Gasteiger partial charge in [-0.15, -0.1) is 5.16 Å². The Kier molecular flexibility index (Phi) is 11.6. The van der Waals surface area contributed by atoms with E-state index in [4.69, 9.17) is 7.85 Å². The lowest BCUT2D eigenvalue weighted by molar-refractivity contribution is -0.125. The lowest BCUT2D eigenvalue weighted by Gasteiger charge is -2.34. The van der Waals surface area contributed by atoms with Gasteiger partial charge in [-0.2, -0.15) is 0 Å². The summed E-state index contributed by atoms with van der Waals surface area (Å²) in [4.78, 5) is 30.2. The summed E-state index contributed by atoms with van der Waals surface area (Å²) in [5.41, 5.74) is 6.07. The molecule has 0 saturated carbocycles. The highest BCUT2D eigenvalue weighted by atomic mass is 16.6. The number of aryl methyl sites for hydroxylation is 1. The van der Waals surface area contributed by atoms with E-state index < -0.39 is 0 Å². The highest BCUT2D eigenvalue weighted by molar-refractivity contribution is 6.29. The fourth-order valence-electron chi connectivity index (χ4n) is 5.29. The topological polar surface area (TPSA) is 99.9 Å². The Morgan fingerprint density at radius 3 is 2.63 bits per heavy atom. The van der Waals surface area contributed by atoms with Gasteiger partial charge in [0.25, 0.3) is 5.91 Å². The van der Waals surface area contributed by atoms with Gasteiger partial charge in [0.05, 0.1) is 11.2 Å². The largest absolute Gasteiger partial charge is 0.386 e. The van der Waals surface area contributed by atoms with Crippen LogP contribution in [0.4, 0.5) is 5.82 Å². The van der Waals surface area contributed by atoms with Crippen LogP contribution in [0.2, 0.25) is 0 Å². The third kappa shape index (κ3) is 9.03. The molecule has 0 bridgehead atoms. The average molecular weight is 559 g/mol. The molecule has 2 radical (unpaired) electrons. The first-order valence-electron chi connectivity index (χ1n) is 14.7. The molecule has 218 valence electrons. The van der Waals surface area contributed by atoms with Crippen molar-refractivity contribution in [3.63, 3.8) is 0 Å². The number of benzene rings is 1. The van der Waals surface area contributed by atoms with E-state index in [2.05, 4.69) is 89.9 Å². The van der Waals surface area contributed by atoms with E-state index in [1.54, 1.807) is 0 Å². The van der Waals surface area contributed by atoms with E-state index >= 15 is 0 Å². The third-order valence-electron chi connectivity index (χ3n) is 7.58. The number of rotatable bonds is 16. The summed E-state index contributed by atoms with van der Waals surface area (Å²) >= 11 is 0. The SMILES string of the molecule is [B]c1nc(NCCCCC)c2c(ccn2Cc2ccc(CN3CCN(CCCNC(=O)CON=C)CC3)cc2C)n1. The predicted molar refractivity (Wildman–Crippen MR) is 166 cm³/mol. The van der Waals surface area contributed by atoms with Crippen molar-refractivity contribution in [2.45, 2.75) is 52.6 Å². The maximum absolute atomic E-state index is 11.6. The molecule has 1 aromatic carbocycles. The number of hydrogen-bond donors (Lipinski definition) is 2. The van der Waals surface area contributed by atoms with E-state index in [0.717, 1.165) is 82.1 Å². The Morgan fingerprint density at radius 2 is 1.88 bits per heavy atom. The molecular weight excluding hydrogens is 515 g/mol. The molecule has 2 N–H and O–H groups in total. The predicted octanol–water partition coefficient (Wildman–Crippen LogP) is 2.44. The van der Waals surface area contributed by atoms with Gasteiger partial charge in [-0.3, -0.25) is 9.69 Å². The van der Waals surface area contributed by atoms with Crippen LogP contribution in [0, 0.1) is 6.92 Å². The third-order valence-corrected chi connectivity index (χ3v) is 7.58. The summed E-state index contributed by atoms with van der Waals surface area (Å²) in [6, 6.07) is 8.85. The molecule has 1 saturated heterocycles. The summed E-state index contributed by atoms with van der Waals surface area (Å²) in [5.74, 6) is 0.645. The van der Waals surface area contributed by atoms with Crippen LogP contribution < -0.4 is 16.4 Å². The molecular formula is C30H43BN8O2. The van der Waals surface area contributed by atoms with Gasteiger partial charge < -0.3 is 24.9 Å². The van der Waals surface area contributed by atoms with Gasteiger partial charge in [0.15, 0.2) is 20.3 Å². The molecule has 10 nitrogen and oxygen atoms in total. The zero-order chi connectivity index (χ0) is 29.0. The van der Waals surface area contributed by atoms with Crippen molar-refractivity contribution in [3.8, 4) is 0 Å². The Labute approximate surface area is 244 Å². The fourth-order valence-corrected chi connectivity index (χ4v) is 5.29. The highest BCUT2D eigenvalue weighted by Gasteiger charge is 2.17. The number of carbonyl (C=O) groups is 1. The first-order valence-corrected chi connectivity index (χ1v) is 14.7. The molecule has 11 heteroatoms. The second-order valence-electron chi connectivity index (χ2n) is 10.7. The first-order chi connectivity index (χ1) is 20.0. The van der Waals surface area contributed by atoms with Crippen LogP contribution >= 0.6 is 0 Å². The molecule has 0 unspecified atom stereocenters. The standard InChI is InChI=1S/C30H43BN8O2/c1-4-5-6-11-34-29-28-26(35-30(31)36-29)10-14-39(28)21-25-9-8-24(19-23(25)2)20-38-17-15-37(16-18-38)13-7-12-33-27(40)22-41-32-3/h8-10,14,19H,3-7,11-13,15-18,20-22H2,1-2H3,(H,33,40)(H,34,35,36). The van der Waals surface area contributed by atoms with Crippen molar-refractivity contribution in [1.29, 1.82) is 0 Å². The monoisotopic (exact) mass is 558 g/mol. The van der Waals surface area contributed by atoms with Crippen LogP contribution in [0.25, 0.3) is 11.0 Å². The van der Waals surface area contributed by atoms with E-state index in [9.17, 15) is 4.79 Å². The van der Waals surface area contributed by atoms with Gasteiger partial charge in [0.2, 0.25) is 0 Å². The maximum Gasteiger partial charge on any atom is 0.260 e. The molecule has 0 atom stereocenters. The molecule has 1 aliphatic rings. The minimum atomic E-state index is -0.163. The number of carbonyl (C=O) groups excluding carboxylic acids is 1. The van der Waals surface area contributed by atoms with Gasteiger partial charge in [0, 0.05) is 65.3 Å². The minimum Gasteiger partial charge on any atom is -0.386 e. The molecule has 1 amide bonds. The summed E-state index contributed by atoms with van der Waals surface area (Å²) in [6.45, 7) is 15.9. The van der Waals surface area contributed by atoms with Gasteiger partial charge in [0.1, 0.15) is 5.52 Å². The van der Waals surface area contributed by atoms with Crippen LogP contribution in [0.3, 0.4) is 0 Å². The smallest absolute Gasteiger partial charge is 0.260 e. The summed E-state index contributed by atoms with van der Waals surface area (Å²) in [6.07, 6.45) is 6.46. The van der Waals surface area contributed by atoms with Crippen molar-refractivity contribution >= 4 is 43.0 Å². The van der Waals surface area contributed by atoms with Crippen LogP contribution in [0.15, 0.2) is 35.6 Å². The number of aromatic nitrogens is 3. The quantitative estimate of drug-likeness (QED) is 0.121. The van der Waals surface area contributed by atoms with E-state index in [1.165, 1.54) is 29.5 Å². The van der Waals surface area contributed by atoms with Crippen LogP contribution in [-0.4, -0.2) is 97.2 Å². The number of anilines is 1. The summed E-state index contributed by atoms with van der Waals surface area (Å²) < 4.78 is 2.22. The average Bonchev–Trinajstić information content (AvgIpc) is 3.36. The Morgan fingerprint density at radius 1 is 1.07 bits per heavy atom. The molecule has 41 heavy (non-hydrogen) atoms. The number of nitrogens with one attached hydrogen (secondary N) is 2. The van der Waals surface area contributed by atoms with Crippen molar-refractivity contribution < 1.29 is 9.63 Å². The minimum absolute atomic E-state index is 0.0754. The lowest BCUT2D eigenvalue weighted by Crippen LogP contribution is -2.46. The molecule has 3 heterocycles. The fraction of sp³-hybridized carbons (Fsp3) is 0.533. The van der Waals surface area contributed by atoms with E-state index in [0.29, 0.717) is 12.3 Å². The maximum atomic E-state index is 11.6. The number of amides is 1. The lowest BCUT2D eigenvalue weighted by atomic mass is 10.0. The van der Waals surface area contributed by atoms with Crippen LogP contribution in [0.5, 0.6) is 0 Å². The second kappa shape index (κ2) is 15.5. The highest BCUT2D eigenvalue weighted by Crippen LogP contribution is 2.23. The molecule has 0 spiro atoms. The van der Waals surface area contributed by atoms with Crippen molar-refractivity contribution in [2.24, 2.45) is 5.16 Å². The molecule has 2 aromatic heterocycles. The van der Waals surface area contributed by atoms with Crippen molar-refractivity contribution in [2.75, 3.05) is 57.7 Å².